The molecule has 0 aliphatic heterocycles. The Morgan fingerprint density at radius 3 is 2.07 bits per heavy atom. The van der Waals surface area contributed by atoms with Gasteiger partial charge in [0.1, 0.15) is 41.8 Å². The Labute approximate surface area is 338 Å². The lowest BCUT2D eigenvalue weighted by atomic mass is 10.0. The smallest absolute Gasteiger partial charge is 0.408 e. The number of amides is 5. The molecule has 298 valence electrons. The van der Waals surface area contributed by atoms with E-state index in [4.69, 9.17) is 15.2 Å². The average molecular weight is 842 g/mol. The first-order valence-corrected chi connectivity index (χ1v) is 18.9. The maximum atomic E-state index is 14.0. The van der Waals surface area contributed by atoms with Gasteiger partial charge in [0.2, 0.25) is 23.6 Å². The van der Waals surface area contributed by atoms with Gasteiger partial charge in [-0.05, 0) is 95.9 Å². The number of fused-ring (bicyclic) bond motifs is 1. The van der Waals surface area contributed by atoms with Gasteiger partial charge in [0.25, 0.3) is 0 Å². The van der Waals surface area contributed by atoms with Gasteiger partial charge in [-0.3, -0.25) is 19.2 Å². The van der Waals surface area contributed by atoms with Crippen molar-refractivity contribution >= 4 is 62.2 Å². The number of aromatic amines is 1. The van der Waals surface area contributed by atoms with Crippen molar-refractivity contribution in [3.8, 4) is 11.5 Å². The van der Waals surface area contributed by atoms with Crippen LogP contribution >= 0.6 is 15.9 Å². The summed E-state index contributed by atoms with van der Waals surface area (Å²) < 4.78 is 12.1. The number of ether oxygens (including phenoxy) is 2. The zero-order chi connectivity index (χ0) is 41.1. The number of H-pyrrole nitrogens is 1. The molecule has 0 fully saturated rings. The molecule has 4 aromatic carbocycles. The van der Waals surface area contributed by atoms with Gasteiger partial charge in [-0.25, -0.2) is 4.79 Å². The second-order valence-electron chi connectivity index (χ2n) is 14.3. The summed E-state index contributed by atoms with van der Waals surface area (Å²) in [6.07, 6.45) is 0.217. The molecule has 0 aliphatic rings. The maximum absolute atomic E-state index is 14.0. The lowest BCUT2D eigenvalue weighted by Gasteiger charge is -2.26. The fourth-order valence-corrected chi connectivity index (χ4v) is 6.34. The molecular weight excluding hydrogens is 796 g/mol. The molecule has 0 aliphatic carbocycles. The third-order valence-electron chi connectivity index (χ3n) is 8.60. The highest BCUT2D eigenvalue weighted by Gasteiger charge is 2.32. The molecule has 3 atom stereocenters. The highest BCUT2D eigenvalue weighted by atomic mass is 79.9. The van der Waals surface area contributed by atoms with Gasteiger partial charge < -0.3 is 46.6 Å². The van der Waals surface area contributed by atoms with Crippen molar-refractivity contribution in [2.45, 2.75) is 70.4 Å². The van der Waals surface area contributed by atoms with Crippen molar-refractivity contribution < 1.29 is 38.6 Å². The van der Waals surface area contributed by atoms with E-state index >= 15 is 0 Å². The van der Waals surface area contributed by atoms with Gasteiger partial charge in [-0.15, -0.1) is 0 Å². The lowest BCUT2D eigenvalue weighted by molar-refractivity contribution is -0.133. The number of rotatable bonds is 16. The number of phenolic OH excluding ortho intramolecular Hbond substituents is 1. The predicted octanol–water partition coefficient (Wildman–Crippen LogP) is 5.38. The Bertz CT molecular complexity index is 2190. The number of benzene rings is 4. The minimum atomic E-state index is -1.53. The number of aromatic hydroxyl groups is 1. The van der Waals surface area contributed by atoms with E-state index in [0.717, 1.165) is 20.9 Å². The van der Waals surface area contributed by atoms with E-state index in [0.29, 0.717) is 29.2 Å². The van der Waals surface area contributed by atoms with Crippen LogP contribution in [0.15, 0.2) is 108 Å². The number of para-hydroxylation sites is 1. The number of primary amides is 1. The Morgan fingerprint density at radius 2 is 1.40 bits per heavy atom. The van der Waals surface area contributed by atoms with Crippen molar-refractivity contribution in [1.82, 2.24) is 20.9 Å². The Hall–Kier alpha value is -6.35. The monoisotopic (exact) mass is 840 g/mol. The molecule has 14 nitrogen and oxygen atoms in total. The van der Waals surface area contributed by atoms with Crippen LogP contribution in [0.25, 0.3) is 10.9 Å². The molecule has 0 saturated carbocycles. The number of carbonyl (C=O) groups excluding carboxylic acids is 5. The molecule has 0 radical (unpaired) electrons. The van der Waals surface area contributed by atoms with Crippen LogP contribution in [-0.2, 0) is 43.4 Å². The standard InChI is InChI=1S/C42H45BrN6O8/c1-42(2,3)57-41(55)49-33(20-25-12-18-30(19-13-25)56-24-26-8-5-4-6-9-26)39(53)48-35(22-36(44)51)40(54)47-34(38(52)46-28-14-16-29(50)17-15-28)21-27-23-45-37-31(27)10-7-11-32(37)43/h4-19,23,33-35,45,50H,20-22,24H2,1-3H3,(H2,44,51)(H,46,52)(H,47,54)(H,48,53)(H,49,55)/t33-,34-,35-/m0/s1. The Morgan fingerprint density at radius 1 is 0.754 bits per heavy atom. The van der Waals surface area contributed by atoms with Crippen molar-refractivity contribution in [2.24, 2.45) is 5.73 Å². The summed E-state index contributed by atoms with van der Waals surface area (Å²) in [5, 5.41) is 21.1. The number of carbonyl (C=O) groups is 5. The van der Waals surface area contributed by atoms with Crippen molar-refractivity contribution in [3.63, 3.8) is 0 Å². The first-order chi connectivity index (χ1) is 27.1. The predicted molar refractivity (Wildman–Crippen MR) is 218 cm³/mol. The van der Waals surface area contributed by atoms with E-state index in [-0.39, 0.29) is 18.6 Å². The van der Waals surface area contributed by atoms with Crippen LogP contribution in [0.5, 0.6) is 11.5 Å². The largest absolute Gasteiger partial charge is 0.508 e. The summed E-state index contributed by atoms with van der Waals surface area (Å²) in [6, 6.07) is 23.9. The quantitative estimate of drug-likeness (QED) is 0.0640. The van der Waals surface area contributed by atoms with Crippen LogP contribution in [0, 0.1) is 0 Å². The highest BCUT2D eigenvalue weighted by molar-refractivity contribution is 9.10. The van der Waals surface area contributed by atoms with Crippen LogP contribution in [0.4, 0.5) is 10.5 Å². The highest BCUT2D eigenvalue weighted by Crippen LogP contribution is 2.27. The van der Waals surface area contributed by atoms with Gasteiger partial charge >= 0.3 is 6.09 Å². The fourth-order valence-electron chi connectivity index (χ4n) is 5.86. The molecule has 1 heterocycles. The lowest BCUT2D eigenvalue weighted by Crippen LogP contribution is -2.58. The minimum Gasteiger partial charge on any atom is -0.508 e. The molecule has 8 N–H and O–H groups in total. The number of phenols is 1. The van der Waals surface area contributed by atoms with Gasteiger partial charge in [-0.1, -0.05) is 54.6 Å². The summed E-state index contributed by atoms with van der Waals surface area (Å²) in [4.78, 5) is 70.1. The molecule has 5 rings (SSSR count). The van der Waals surface area contributed by atoms with Gasteiger partial charge in [0, 0.05) is 34.6 Å². The molecule has 15 heteroatoms. The summed E-state index contributed by atoms with van der Waals surface area (Å²) in [6.45, 7) is 5.37. The topological polar surface area (TPSA) is 214 Å². The third kappa shape index (κ3) is 12.6. The average Bonchev–Trinajstić information content (AvgIpc) is 3.57. The van der Waals surface area contributed by atoms with Crippen molar-refractivity contribution in [3.05, 3.63) is 124 Å². The first-order valence-electron chi connectivity index (χ1n) is 18.1. The number of hydrogen-bond donors (Lipinski definition) is 7. The Balaban J connectivity index is 1.35. The van der Waals surface area contributed by atoms with Gasteiger partial charge in [0.05, 0.1) is 11.9 Å². The van der Waals surface area contributed by atoms with Crippen LogP contribution in [-0.4, -0.2) is 63.5 Å². The fraction of sp³-hybridized carbons (Fsp3) is 0.262. The molecule has 1 aromatic heterocycles. The van der Waals surface area contributed by atoms with Crippen LogP contribution in [0.1, 0.15) is 43.9 Å². The normalized spacial score (nSPS) is 12.8. The van der Waals surface area contributed by atoms with Crippen molar-refractivity contribution in [2.75, 3.05) is 5.32 Å². The summed E-state index contributed by atoms with van der Waals surface area (Å²) in [5.74, 6) is -2.60. The zero-order valence-electron chi connectivity index (χ0n) is 31.6. The van der Waals surface area contributed by atoms with Crippen LogP contribution < -0.4 is 31.7 Å². The Kier molecular flexibility index (Phi) is 13.9. The third-order valence-corrected chi connectivity index (χ3v) is 9.26. The molecule has 0 spiro atoms. The summed E-state index contributed by atoms with van der Waals surface area (Å²) >= 11 is 3.51. The number of nitrogens with two attached hydrogens (primary N) is 1. The second kappa shape index (κ2) is 19.0. The number of nitrogens with one attached hydrogen (secondary N) is 5. The van der Waals surface area contributed by atoms with E-state index in [9.17, 15) is 29.1 Å². The molecule has 57 heavy (non-hydrogen) atoms. The SMILES string of the molecule is CC(C)(C)OC(=O)N[C@@H](Cc1ccc(OCc2ccccc2)cc1)C(=O)N[C@@H](CC(N)=O)C(=O)N[C@@H](Cc1c[nH]c2c(Br)cccc12)C(=O)Nc1ccc(O)cc1. The summed E-state index contributed by atoms with van der Waals surface area (Å²) in [7, 11) is 0. The number of aromatic nitrogens is 1. The van der Waals surface area contributed by atoms with Crippen LogP contribution in [0.3, 0.4) is 0 Å². The van der Waals surface area contributed by atoms with E-state index in [2.05, 4.69) is 42.2 Å². The first kappa shape index (κ1) is 41.8. The molecule has 0 unspecified atom stereocenters. The van der Waals surface area contributed by atoms with Gasteiger partial charge in [0.15, 0.2) is 0 Å². The molecule has 0 bridgehead atoms. The number of anilines is 1. The summed E-state index contributed by atoms with van der Waals surface area (Å²) in [5.41, 5.74) is 8.14. The van der Waals surface area contributed by atoms with E-state index in [1.165, 1.54) is 24.3 Å². The van der Waals surface area contributed by atoms with E-state index in [1.54, 1.807) is 51.2 Å². The second-order valence-corrected chi connectivity index (χ2v) is 15.2. The van der Waals surface area contributed by atoms with E-state index < -0.39 is 59.9 Å². The minimum absolute atomic E-state index is 0.00316. The number of alkyl carbamates (subject to hydrolysis) is 1. The molecule has 5 amide bonds. The zero-order valence-corrected chi connectivity index (χ0v) is 33.2. The van der Waals surface area contributed by atoms with E-state index in [1.807, 2.05) is 48.5 Å². The number of hydrogen-bond acceptors (Lipinski definition) is 8. The maximum Gasteiger partial charge on any atom is 0.408 e. The molecule has 0 saturated heterocycles. The molecular formula is C42H45BrN6O8. The molecule has 5 aromatic rings. The van der Waals surface area contributed by atoms with Gasteiger partial charge in [-0.2, -0.15) is 0 Å². The van der Waals surface area contributed by atoms with Crippen LogP contribution in [0.2, 0.25) is 0 Å². The number of halogens is 1. The van der Waals surface area contributed by atoms with Crippen molar-refractivity contribution in [1.29, 1.82) is 0 Å².